The highest BCUT2D eigenvalue weighted by molar-refractivity contribution is 5.80. The second-order valence-corrected chi connectivity index (χ2v) is 23.8. The number of aliphatic hydroxyl groups is 4. The van der Waals surface area contributed by atoms with Crippen LogP contribution in [0.2, 0.25) is 0 Å². The fourth-order valence-electron chi connectivity index (χ4n) is 10.8. The van der Waals surface area contributed by atoms with E-state index in [0.717, 1.165) is 51.4 Å². The minimum Gasteiger partial charge on any atom is -0.394 e. The summed E-state index contributed by atoms with van der Waals surface area (Å²) in [6.45, 7) is 4.09. The maximum Gasteiger partial charge on any atom is 0.249 e. The predicted octanol–water partition coefficient (Wildman–Crippen LogP) is 21.3. The molecular weight excluding hydrogens is 947 g/mol. The Kier molecular flexibility index (Phi) is 63.6. The Bertz CT molecular complexity index is 1260. The largest absolute Gasteiger partial charge is 0.394 e. The number of nitrogens with one attached hydrogen (secondary N) is 1. The Morgan fingerprint density at radius 1 is 0.312 bits per heavy atom. The number of allylic oxidation sites excluding steroid dienone is 8. The highest BCUT2D eigenvalue weighted by Gasteiger charge is 2.28. The van der Waals surface area contributed by atoms with Gasteiger partial charge in [0.05, 0.1) is 18.8 Å². The van der Waals surface area contributed by atoms with E-state index in [1.54, 1.807) is 0 Å². The second-order valence-electron chi connectivity index (χ2n) is 23.8. The molecule has 77 heavy (non-hydrogen) atoms. The molecule has 454 valence electrons. The van der Waals surface area contributed by atoms with Crippen molar-refractivity contribution in [2.75, 3.05) is 6.61 Å². The highest BCUT2D eigenvalue weighted by Crippen LogP contribution is 2.18. The minimum atomic E-state index is -1.30. The van der Waals surface area contributed by atoms with Crippen molar-refractivity contribution in [3.05, 3.63) is 48.6 Å². The van der Waals surface area contributed by atoms with Gasteiger partial charge in [0.25, 0.3) is 0 Å². The number of aliphatic hydroxyl groups excluding tert-OH is 4. The van der Waals surface area contributed by atoms with Crippen molar-refractivity contribution in [1.29, 1.82) is 0 Å². The van der Waals surface area contributed by atoms with E-state index in [1.165, 1.54) is 283 Å². The number of amides is 1. The molecule has 0 saturated heterocycles. The number of rotatable bonds is 64. The van der Waals surface area contributed by atoms with Gasteiger partial charge >= 0.3 is 0 Å². The van der Waals surface area contributed by atoms with Crippen LogP contribution in [0.4, 0.5) is 0 Å². The van der Waals surface area contributed by atoms with E-state index in [2.05, 4.69) is 67.8 Å². The standard InChI is InChI=1S/C71H135NO5/c1-3-5-7-9-11-13-15-17-19-21-23-25-27-29-31-33-34-35-37-38-40-42-44-46-48-50-52-54-56-58-60-62-64-68(74)70(76)67(66-73)72-71(77)69(75)65-63-61-59-57-55-53-51-49-47-45-43-41-39-36-32-30-28-26-24-22-20-18-16-14-12-10-8-6-4-2/h30,32,40,42,48,50,56,58,67-70,73-76H,3-29,31,33-39,41,43-47,49,51-55,57,59-66H2,1-2H3,(H,72,77)/b32-30-,42-40+,50-48+,58-56+. The van der Waals surface area contributed by atoms with Gasteiger partial charge in [-0.3, -0.25) is 4.79 Å². The quantitative estimate of drug-likeness (QED) is 0.0308. The maximum atomic E-state index is 12.6. The molecule has 0 heterocycles. The van der Waals surface area contributed by atoms with E-state index in [4.69, 9.17) is 0 Å². The summed E-state index contributed by atoms with van der Waals surface area (Å²) in [5.74, 6) is -0.595. The highest BCUT2D eigenvalue weighted by atomic mass is 16.3. The first-order valence-corrected chi connectivity index (χ1v) is 34.5. The van der Waals surface area contributed by atoms with Gasteiger partial charge in [-0.05, 0) is 89.9 Å². The van der Waals surface area contributed by atoms with Crippen LogP contribution in [0.5, 0.6) is 0 Å². The van der Waals surface area contributed by atoms with Crippen molar-refractivity contribution in [3.63, 3.8) is 0 Å². The van der Waals surface area contributed by atoms with Crippen LogP contribution in [0.1, 0.15) is 367 Å². The molecule has 4 atom stereocenters. The third kappa shape index (κ3) is 58.7. The molecule has 0 bridgehead atoms. The van der Waals surface area contributed by atoms with Gasteiger partial charge in [-0.2, -0.15) is 0 Å². The Morgan fingerprint density at radius 3 is 0.818 bits per heavy atom. The number of hydrogen-bond donors (Lipinski definition) is 5. The zero-order chi connectivity index (χ0) is 55.8. The monoisotopic (exact) mass is 1080 g/mol. The summed E-state index contributed by atoms with van der Waals surface area (Å²) < 4.78 is 0. The van der Waals surface area contributed by atoms with Crippen molar-refractivity contribution in [2.45, 2.75) is 391 Å². The summed E-state index contributed by atoms with van der Waals surface area (Å²) in [5, 5.41) is 44.2. The first kappa shape index (κ1) is 75.3. The average Bonchev–Trinajstić information content (AvgIpc) is 3.43. The van der Waals surface area contributed by atoms with E-state index in [0.29, 0.717) is 19.3 Å². The topological polar surface area (TPSA) is 110 Å². The van der Waals surface area contributed by atoms with Gasteiger partial charge in [0.15, 0.2) is 0 Å². The summed E-state index contributed by atoms with van der Waals surface area (Å²) in [6, 6.07) is -1.01. The lowest BCUT2D eigenvalue weighted by atomic mass is 10.00. The molecule has 6 nitrogen and oxygen atoms in total. The minimum absolute atomic E-state index is 0.359. The van der Waals surface area contributed by atoms with Crippen molar-refractivity contribution in [1.82, 2.24) is 5.32 Å². The summed E-state index contributed by atoms with van der Waals surface area (Å²) >= 11 is 0. The van der Waals surface area contributed by atoms with Gasteiger partial charge in [0, 0.05) is 0 Å². The molecule has 0 aliphatic rings. The second kappa shape index (κ2) is 65.1. The number of hydrogen-bond acceptors (Lipinski definition) is 5. The molecular formula is C71H135NO5. The molecule has 0 aromatic carbocycles. The fourth-order valence-corrected chi connectivity index (χ4v) is 10.8. The summed E-state index contributed by atoms with van der Waals surface area (Å²) in [4.78, 5) is 12.6. The lowest BCUT2D eigenvalue weighted by Gasteiger charge is -2.27. The summed E-state index contributed by atoms with van der Waals surface area (Å²) in [7, 11) is 0. The molecule has 0 saturated carbocycles. The third-order valence-electron chi connectivity index (χ3n) is 16.2. The van der Waals surface area contributed by atoms with Crippen LogP contribution in [-0.2, 0) is 4.79 Å². The zero-order valence-electron chi connectivity index (χ0n) is 51.7. The smallest absolute Gasteiger partial charge is 0.249 e. The van der Waals surface area contributed by atoms with Gasteiger partial charge in [-0.25, -0.2) is 0 Å². The van der Waals surface area contributed by atoms with Crippen molar-refractivity contribution >= 4 is 5.91 Å². The molecule has 0 radical (unpaired) electrons. The Hall–Kier alpha value is -1.73. The Balaban J connectivity index is 3.63. The summed E-state index contributed by atoms with van der Waals surface area (Å²) in [5.41, 5.74) is 0. The maximum absolute atomic E-state index is 12.6. The first-order chi connectivity index (χ1) is 38.0. The van der Waals surface area contributed by atoms with Gasteiger partial charge in [0.2, 0.25) is 5.91 Å². The van der Waals surface area contributed by atoms with Gasteiger partial charge in [-0.1, -0.05) is 326 Å². The SMILES string of the molecule is CCCCCCCCCCCCCC/C=C\CCCCCCCCCCCCCCCC(O)C(=O)NC(CO)C(O)C(O)CCC/C=C/CC/C=C/CC/C=C/CCCCCCCCCCCCCCCCCCCCC. The third-order valence-corrected chi connectivity index (χ3v) is 16.2. The van der Waals surface area contributed by atoms with Crippen molar-refractivity contribution in [2.24, 2.45) is 0 Å². The lowest BCUT2D eigenvalue weighted by Crippen LogP contribution is -2.53. The molecule has 0 aliphatic heterocycles. The van der Waals surface area contributed by atoms with Crippen molar-refractivity contribution in [3.8, 4) is 0 Å². The number of unbranched alkanes of at least 4 members (excludes halogenated alkanes) is 47. The number of carbonyl (C=O) groups is 1. The van der Waals surface area contributed by atoms with Gasteiger partial charge in [0.1, 0.15) is 12.2 Å². The molecule has 6 heteroatoms. The fraction of sp³-hybridized carbons (Fsp3) is 0.873. The van der Waals surface area contributed by atoms with Crippen LogP contribution >= 0.6 is 0 Å². The molecule has 1 amide bonds. The molecule has 0 aromatic heterocycles. The van der Waals surface area contributed by atoms with E-state index in [9.17, 15) is 25.2 Å². The van der Waals surface area contributed by atoms with E-state index < -0.39 is 36.9 Å². The van der Waals surface area contributed by atoms with Crippen LogP contribution in [0, 0.1) is 0 Å². The van der Waals surface area contributed by atoms with E-state index in [1.807, 2.05) is 0 Å². The average molecular weight is 1080 g/mol. The van der Waals surface area contributed by atoms with Crippen molar-refractivity contribution < 1.29 is 25.2 Å². The zero-order valence-corrected chi connectivity index (χ0v) is 51.7. The molecule has 4 unspecified atom stereocenters. The summed E-state index contributed by atoms with van der Waals surface area (Å²) in [6.07, 6.45) is 85.2. The van der Waals surface area contributed by atoms with Crippen LogP contribution in [0.15, 0.2) is 48.6 Å². The van der Waals surface area contributed by atoms with Crippen LogP contribution in [0.3, 0.4) is 0 Å². The van der Waals surface area contributed by atoms with Crippen LogP contribution < -0.4 is 5.32 Å². The molecule has 0 rings (SSSR count). The Labute approximate surface area is 480 Å². The normalized spacial score (nSPS) is 13.8. The number of carbonyl (C=O) groups excluding carboxylic acids is 1. The van der Waals surface area contributed by atoms with Gasteiger partial charge in [-0.15, -0.1) is 0 Å². The molecule has 0 aliphatic carbocycles. The molecule has 0 aromatic rings. The predicted molar refractivity (Wildman–Crippen MR) is 339 cm³/mol. The molecule has 5 N–H and O–H groups in total. The van der Waals surface area contributed by atoms with Crippen LogP contribution in [0.25, 0.3) is 0 Å². The molecule has 0 fully saturated rings. The Morgan fingerprint density at radius 2 is 0.545 bits per heavy atom. The molecule has 0 spiro atoms. The van der Waals surface area contributed by atoms with E-state index in [-0.39, 0.29) is 0 Å². The first-order valence-electron chi connectivity index (χ1n) is 34.5. The van der Waals surface area contributed by atoms with Crippen LogP contribution in [-0.4, -0.2) is 57.3 Å². The lowest BCUT2D eigenvalue weighted by molar-refractivity contribution is -0.132. The van der Waals surface area contributed by atoms with Gasteiger partial charge < -0.3 is 25.7 Å². The van der Waals surface area contributed by atoms with E-state index >= 15 is 0 Å².